The molecule has 0 aromatic rings. The largest absolute Gasteiger partial charge is 0.391 e. The van der Waals surface area contributed by atoms with E-state index in [1.807, 2.05) is 6.92 Å². The molecule has 0 radical (unpaired) electrons. The summed E-state index contributed by atoms with van der Waals surface area (Å²) in [6.07, 6.45) is 0.699. The molecular formula is C40H72N12O10. The Hall–Kier alpha value is -5.54. The normalized spacial score (nSPS) is 17.8. The Morgan fingerprint density at radius 3 is 1.69 bits per heavy atom. The third kappa shape index (κ3) is 17.8. The Bertz CT molecular complexity index is 1570. The van der Waals surface area contributed by atoms with Gasteiger partial charge in [-0.25, -0.2) is 0 Å². The van der Waals surface area contributed by atoms with Crippen molar-refractivity contribution in [2.75, 3.05) is 19.6 Å². The molecule has 9 amide bonds. The van der Waals surface area contributed by atoms with Gasteiger partial charge in [0.1, 0.15) is 42.3 Å². The summed E-state index contributed by atoms with van der Waals surface area (Å²) < 4.78 is 0. The van der Waals surface area contributed by atoms with Crippen LogP contribution in [0, 0.1) is 11.8 Å². The summed E-state index contributed by atoms with van der Waals surface area (Å²) in [6, 6.07) is -8.54. The van der Waals surface area contributed by atoms with Gasteiger partial charge < -0.3 is 64.4 Å². The maximum atomic E-state index is 14.1. The van der Waals surface area contributed by atoms with Crippen LogP contribution in [0.5, 0.6) is 0 Å². The van der Waals surface area contributed by atoms with Gasteiger partial charge in [0.25, 0.3) is 0 Å². The average Bonchev–Trinajstić information content (AvgIpc) is 3.70. The van der Waals surface area contributed by atoms with Gasteiger partial charge >= 0.3 is 0 Å². The molecule has 0 saturated carbocycles. The van der Waals surface area contributed by atoms with Crippen LogP contribution in [0.1, 0.15) is 113 Å². The van der Waals surface area contributed by atoms with E-state index in [2.05, 4.69) is 42.2 Å². The number of amides is 9. The van der Waals surface area contributed by atoms with Gasteiger partial charge in [-0.2, -0.15) is 0 Å². The second kappa shape index (κ2) is 27.4. The lowest BCUT2D eigenvalue weighted by Gasteiger charge is -2.32. The van der Waals surface area contributed by atoms with Gasteiger partial charge in [0, 0.05) is 26.6 Å². The molecule has 1 saturated heterocycles. The molecular weight excluding hydrogens is 809 g/mol. The highest BCUT2D eigenvalue weighted by molar-refractivity contribution is 5.98. The maximum absolute atomic E-state index is 14.1. The number of aliphatic hydroxyl groups excluding tert-OH is 1. The highest BCUT2D eigenvalue weighted by Gasteiger charge is 2.40. The van der Waals surface area contributed by atoms with Crippen LogP contribution in [0.25, 0.3) is 0 Å². The first-order valence-corrected chi connectivity index (χ1v) is 21.5. The molecule has 0 bridgehead atoms. The van der Waals surface area contributed by atoms with Crippen LogP contribution in [0.15, 0.2) is 4.99 Å². The highest BCUT2D eigenvalue weighted by atomic mass is 16.3. The molecule has 22 heteroatoms. The number of carbonyl (C=O) groups excluding carboxylic acids is 9. The molecule has 1 heterocycles. The average molecular weight is 881 g/mol. The number of carbonyl (C=O) groups is 9. The van der Waals surface area contributed by atoms with Crippen molar-refractivity contribution >= 4 is 59.1 Å². The van der Waals surface area contributed by atoms with Crippen LogP contribution in [0.4, 0.5) is 0 Å². The lowest BCUT2D eigenvalue weighted by Crippen LogP contribution is -2.62. The molecule has 0 aromatic heterocycles. The Balaban J connectivity index is 3.35. The maximum Gasteiger partial charge on any atom is 0.245 e. The number of nitrogens with one attached hydrogen (secondary N) is 7. The number of likely N-dealkylation sites (tertiary alicyclic amines) is 1. The number of hydrogen-bond acceptors (Lipinski definition) is 11. The molecule has 0 spiro atoms. The van der Waals surface area contributed by atoms with Crippen LogP contribution in [-0.4, -0.2) is 137 Å². The Morgan fingerprint density at radius 1 is 0.694 bits per heavy atom. The summed E-state index contributed by atoms with van der Waals surface area (Å²) in [4.78, 5) is 124. The second-order valence-electron chi connectivity index (χ2n) is 15.8. The van der Waals surface area contributed by atoms with E-state index in [0.717, 1.165) is 6.92 Å². The van der Waals surface area contributed by atoms with Crippen molar-refractivity contribution < 1.29 is 48.3 Å². The minimum Gasteiger partial charge on any atom is -0.391 e. The van der Waals surface area contributed by atoms with Gasteiger partial charge in [-0.15, -0.1) is 0 Å². The summed E-state index contributed by atoms with van der Waals surface area (Å²) in [7, 11) is 0. The van der Waals surface area contributed by atoms with Gasteiger partial charge in [0.2, 0.25) is 53.2 Å². The predicted molar refractivity (Wildman–Crippen MR) is 230 cm³/mol. The van der Waals surface area contributed by atoms with Gasteiger partial charge in [0.15, 0.2) is 5.96 Å². The molecule has 0 aromatic carbocycles. The zero-order valence-electron chi connectivity index (χ0n) is 37.5. The van der Waals surface area contributed by atoms with Crippen LogP contribution >= 0.6 is 0 Å². The van der Waals surface area contributed by atoms with Crippen LogP contribution in [0.3, 0.4) is 0 Å². The lowest BCUT2D eigenvalue weighted by atomic mass is 9.96. The molecule has 1 rings (SSSR count). The fraction of sp³-hybridized carbons (Fsp3) is 0.750. The lowest BCUT2D eigenvalue weighted by molar-refractivity contribution is -0.142. The molecule has 14 N–H and O–H groups in total. The number of aliphatic imine (C=N–C) groups is 1. The topological polar surface area (TPSA) is 352 Å². The molecule has 22 nitrogen and oxygen atoms in total. The Labute approximate surface area is 364 Å². The van der Waals surface area contributed by atoms with E-state index in [1.54, 1.807) is 34.6 Å². The van der Waals surface area contributed by atoms with E-state index in [-0.39, 0.29) is 31.3 Å². The van der Waals surface area contributed by atoms with Gasteiger partial charge in [-0.05, 0) is 57.8 Å². The first kappa shape index (κ1) is 54.5. The van der Waals surface area contributed by atoms with E-state index in [9.17, 15) is 48.3 Å². The van der Waals surface area contributed by atoms with Crippen molar-refractivity contribution in [1.29, 1.82) is 0 Å². The second-order valence-corrected chi connectivity index (χ2v) is 15.8. The number of nitrogens with two attached hydrogens (primary N) is 3. The van der Waals surface area contributed by atoms with Gasteiger partial charge in [0.05, 0.1) is 12.5 Å². The molecule has 1 fully saturated rings. The van der Waals surface area contributed by atoms with Crippen LogP contribution < -0.4 is 54.4 Å². The quantitative estimate of drug-likeness (QED) is 0.0227. The summed E-state index contributed by atoms with van der Waals surface area (Å²) in [6.45, 7) is 13.7. The third-order valence-corrected chi connectivity index (χ3v) is 10.7. The van der Waals surface area contributed by atoms with Crippen molar-refractivity contribution in [3.63, 3.8) is 0 Å². The molecule has 1 aliphatic rings. The molecule has 0 aliphatic carbocycles. The van der Waals surface area contributed by atoms with Crippen LogP contribution in [-0.2, 0) is 43.2 Å². The smallest absolute Gasteiger partial charge is 0.245 e. The highest BCUT2D eigenvalue weighted by Crippen LogP contribution is 2.20. The molecule has 352 valence electrons. The van der Waals surface area contributed by atoms with Crippen molar-refractivity contribution in [2.24, 2.45) is 34.0 Å². The monoisotopic (exact) mass is 881 g/mol. The summed E-state index contributed by atoms with van der Waals surface area (Å²) in [5, 5.41) is 28.8. The molecule has 1 aliphatic heterocycles. The first-order chi connectivity index (χ1) is 29.1. The minimum absolute atomic E-state index is 0.0882. The van der Waals surface area contributed by atoms with Crippen molar-refractivity contribution in [2.45, 2.75) is 162 Å². The Kier molecular flexibility index (Phi) is 24.1. The number of likely N-dealkylation sites (N-methyl/N-ethyl adjacent to an activating group) is 1. The van der Waals surface area contributed by atoms with Gasteiger partial charge in [-0.1, -0.05) is 53.9 Å². The predicted octanol–water partition coefficient (Wildman–Crippen LogP) is -2.76. The minimum atomic E-state index is -1.62. The first-order valence-electron chi connectivity index (χ1n) is 21.5. The SMILES string of the molecule is CCC[C@H](NC(=O)[C@@H](NC(=O)[C@H](NC(=O)[C@H](CC(N)=O)NC(C)=O)[C@@H](C)CC)[C@@H](C)O)C(=O)N[C@H](C(=O)N[C@@H](CCCN=C(N)N)C(=O)N1CCC[C@H]1C(=O)NCC)[C@@H](C)CC. The zero-order valence-corrected chi connectivity index (χ0v) is 37.5. The van der Waals surface area contributed by atoms with Crippen LogP contribution in [0.2, 0.25) is 0 Å². The molecule has 10 atom stereocenters. The number of nitrogens with zero attached hydrogens (tertiary/aromatic N) is 2. The fourth-order valence-electron chi connectivity index (χ4n) is 6.85. The Morgan fingerprint density at radius 2 is 1.21 bits per heavy atom. The van der Waals surface area contributed by atoms with Crippen molar-refractivity contribution in [3.05, 3.63) is 0 Å². The van der Waals surface area contributed by atoms with E-state index in [4.69, 9.17) is 17.2 Å². The van der Waals surface area contributed by atoms with Crippen molar-refractivity contribution in [3.8, 4) is 0 Å². The van der Waals surface area contributed by atoms with Gasteiger partial charge in [-0.3, -0.25) is 48.1 Å². The van der Waals surface area contributed by atoms with E-state index in [1.165, 1.54) is 11.8 Å². The van der Waals surface area contributed by atoms with E-state index in [0.29, 0.717) is 51.6 Å². The number of hydrogen-bond donors (Lipinski definition) is 11. The number of guanidine groups is 1. The number of rotatable bonds is 27. The standard InChI is InChI=1S/C40H72N12O10/c1-9-15-25(47-38(61)32(23(7)53)51-37(60)31(22(6)11-3)50-34(57)27(20-29(41)55)46-24(8)54)33(56)49-30(21(5)10-2)36(59)48-26(16-13-18-45-40(42)43)39(62)52-19-14-17-28(52)35(58)44-12-4/h21-23,25-28,30-32,53H,9-20H2,1-8H3,(H2,41,55)(H,44,58)(H,46,54)(H,47,61)(H,48,59)(H,49,56)(H,50,57)(H,51,60)(H4,42,43,45)/t21-,22-,23+,25-,26-,27-,28-,30-,31+,32-/m0/s1. The van der Waals surface area contributed by atoms with E-state index < -0.39 is 114 Å². The number of aliphatic hydroxyl groups is 1. The fourth-order valence-corrected chi connectivity index (χ4v) is 6.85. The molecule has 0 unspecified atom stereocenters. The van der Waals surface area contributed by atoms with Crippen molar-refractivity contribution in [1.82, 2.24) is 42.1 Å². The molecule has 62 heavy (non-hydrogen) atoms. The number of primary amides is 1. The summed E-state index contributed by atoms with van der Waals surface area (Å²) in [5.74, 6) is -7.51. The summed E-state index contributed by atoms with van der Waals surface area (Å²) >= 11 is 0. The third-order valence-electron chi connectivity index (χ3n) is 10.7. The van der Waals surface area contributed by atoms with E-state index >= 15 is 0 Å². The zero-order chi connectivity index (χ0) is 47.3. The summed E-state index contributed by atoms with van der Waals surface area (Å²) in [5.41, 5.74) is 16.2.